The van der Waals surface area contributed by atoms with Crippen LogP contribution >= 0.6 is 0 Å². The van der Waals surface area contributed by atoms with Gasteiger partial charge in [-0.15, -0.1) is 0 Å². The third-order valence-corrected chi connectivity index (χ3v) is 3.42. The molecule has 1 unspecified atom stereocenters. The van der Waals surface area contributed by atoms with Crippen LogP contribution in [0.15, 0.2) is 0 Å². The van der Waals surface area contributed by atoms with E-state index >= 15 is 0 Å². The molecule has 1 aliphatic heterocycles. The number of rotatable bonds is 8. The Hall–Kier alpha value is -1.67. The van der Waals surface area contributed by atoms with Crippen molar-refractivity contribution in [2.45, 2.75) is 77.5 Å². The largest absolute Gasteiger partial charge is 0.456 e. The standard InChI is InChI=1S/C16H26O8/c1-4-7-12(18)22-10-9-21-16(20)15(23-11(17)6-3)14(10)24-13(19)8-5-2/h10,14-16,20H,4-9H2,1-3H3/t10-,14-,15+,16?/m0/s1. The van der Waals surface area contributed by atoms with Gasteiger partial charge < -0.3 is 24.1 Å². The number of hydrogen-bond acceptors (Lipinski definition) is 8. The molecular weight excluding hydrogens is 320 g/mol. The normalized spacial score (nSPS) is 26.5. The first-order valence-corrected chi connectivity index (χ1v) is 8.30. The lowest BCUT2D eigenvalue weighted by Crippen LogP contribution is -2.57. The fraction of sp³-hybridized carbons (Fsp3) is 0.812. The number of carbonyl (C=O) groups excluding carboxylic acids is 3. The predicted octanol–water partition coefficient (Wildman–Crippen LogP) is 1.08. The van der Waals surface area contributed by atoms with E-state index < -0.39 is 42.5 Å². The summed E-state index contributed by atoms with van der Waals surface area (Å²) >= 11 is 0. The van der Waals surface area contributed by atoms with Gasteiger partial charge in [-0.2, -0.15) is 0 Å². The summed E-state index contributed by atoms with van der Waals surface area (Å²) in [4.78, 5) is 35.2. The smallest absolute Gasteiger partial charge is 0.306 e. The molecule has 0 aromatic carbocycles. The van der Waals surface area contributed by atoms with E-state index in [0.717, 1.165) is 0 Å². The fourth-order valence-corrected chi connectivity index (χ4v) is 2.21. The SMILES string of the molecule is CCCC(=O)O[C@H]1[C@@H](OC(=O)CCC)COC(O)[C@@H]1OC(=O)CC. The molecule has 0 aromatic rings. The molecular formula is C16H26O8. The van der Waals surface area contributed by atoms with Crippen LogP contribution in [0.1, 0.15) is 52.9 Å². The molecule has 1 fully saturated rings. The summed E-state index contributed by atoms with van der Waals surface area (Å²) < 4.78 is 20.8. The molecule has 1 aliphatic rings. The van der Waals surface area contributed by atoms with Gasteiger partial charge in [0.1, 0.15) is 0 Å². The Morgan fingerprint density at radius 2 is 1.46 bits per heavy atom. The molecule has 24 heavy (non-hydrogen) atoms. The Labute approximate surface area is 141 Å². The first kappa shape index (κ1) is 20.4. The van der Waals surface area contributed by atoms with E-state index in [-0.39, 0.29) is 25.9 Å². The van der Waals surface area contributed by atoms with Crippen LogP contribution in [0.2, 0.25) is 0 Å². The van der Waals surface area contributed by atoms with Crippen molar-refractivity contribution in [3.63, 3.8) is 0 Å². The van der Waals surface area contributed by atoms with Gasteiger partial charge in [0.25, 0.3) is 0 Å². The first-order valence-electron chi connectivity index (χ1n) is 8.30. The minimum Gasteiger partial charge on any atom is -0.456 e. The summed E-state index contributed by atoms with van der Waals surface area (Å²) in [6, 6.07) is 0. The molecule has 0 saturated carbocycles. The van der Waals surface area contributed by atoms with Gasteiger partial charge in [0.15, 0.2) is 24.6 Å². The van der Waals surface area contributed by atoms with Crippen molar-refractivity contribution in [1.82, 2.24) is 0 Å². The summed E-state index contributed by atoms with van der Waals surface area (Å²) in [6.45, 7) is 5.08. The summed E-state index contributed by atoms with van der Waals surface area (Å²) in [5.74, 6) is -1.58. The van der Waals surface area contributed by atoms with E-state index in [0.29, 0.717) is 12.8 Å². The molecule has 1 saturated heterocycles. The second-order valence-electron chi connectivity index (χ2n) is 5.51. The van der Waals surface area contributed by atoms with E-state index in [4.69, 9.17) is 18.9 Å². The summed E-state index contributed by atoms with van der Waals surface area (Å²) in [5, 5.41) is 9.95. The molecule has 0 aliphatic carbocycles. The number of carbonyl (C=O) groups is 3. The molecule has 1 rings (SSSR count). The lowest BCUT2D eigenvalue weighted by molar-refractivity contribution is -0.268. The minimum absolute atomic E-state index is 0.0825. The van der Waals surface area contributed by atoms with E-state index in [2.05, 4.69) is 0 Å². The average molecular weight is 346 g/mol. The molecule has 0 spiro atoms. The zero-order valence-corrected chi connectivity index (χ0v) is 14.4. The second-order valence-corrected chi connectivity index (χ2v) is 5.51. The molecule has 1 N–H and O–H groups in total. The first-order chi connectivity index (χ1) is 11.4. The molecule has 0 aromatic heterocycles. The van der Waals surface area contributed by atoms with Gasteiger partial charge in [0, 0.05) is 19.3 Å². The predicted molar refractivity (Wildman–Crippen MR) is 81.7 cm³/mol. The summed E-state index contributed by atoms with van der Waals surface area (Å²) in [6.07, 6.45) is -3.13. The Kier molecular flexibility index (Phi) is 8.70. The van der Waals surface area contributed by atoms with Crippen molar-refractivity contribution in [3.05, 3.63) is 0 Å². The molecule has 4 atom stereocenters. The van der Waals surface area contributed by atoms with E-state index in [9.17, 15) is 19.5 Å². The fourth-order valence-electron chi connectivity index (χ4n) is 2.21. The van der Waals surface area contributed by atoms with Gasteiger partial charge in [0.05, 0.1) is 6.61 Å². The summed E-state index contributed by atoms with van der Waals surface area (Å²) in [7, 11) is 0. The maximum Gasteiger partial charge on any atom is 0.306 e. The Morgan fingerprint density at radius 3 is 2.00 bits per heavy atom. The number of ether oxygens (including phenoxy) is 4. The van der Waals surface area contributed by atoms with Crippen molar-refractivity contribution >= 4 is 17.9 Å². The quantitative estimate of drug-likeness (QED) is 0.514. The maximum absolute atomic E-state index is 11.9. The molecule has 0 amide bonds. The highest BCUT2D eigenvalue weighted by molar-refractivity contribution is 5.71. The van der Waals surface area contributed by atoms with Crippen molar-refractivity contribution in [1.29, 1.82) is 0 Å². The highest BCUT2D eigenvalue weighted by Gasteiger charge is 2.46. The van der Waals surface area contributed by atoms with Crippen molar-refractivity contribution < 1.29 is 38.4 Å². The van der Waals surface area contributed by atoms with Crippen LogP contribution in [0.3, 0.4) is 0 Å². The van der Waals surface area contributed by atoms with Gasteiger partial charge in [-0.05, 0) is 12.8 Å². The minimum atomic E-state index is -1.46. The molecule has 0 radical (unpaired) electrons. The zero-order chi connectivity index (χ0) is 18.1. The summed E-state index contributed by atoms with van der Waals surface area (Å²) in [5.41, 5.74) is 0. The Bertz CT molecular complexity index is 436. The molecule has 1 heterocycles. The molecule has 0 bridgehead atoms. The third kappa shape index (κ3) is 6.09. The van der Waals surface area contributed by atoms with Crippen molar-refractivity contribution in [3.8, 4) is 0 Å². The number of aliphatic hydroxyl groups is 1. The van der Waals surface area contributed by atoms with Crippen molar-refractivity contribution in [2.24, 2.45) is 0 Å². The van der Waals surface area contributed by atoms with Gasteiger partial charge in [-0.1, -0.05) is 20.8 Å². The van der Waals surface area contributed by atoms with Crippen LogP contribution in [0, 0.1) is 0 Å². The highest BCUT2D eigenvalue weighted by atomic mass is 16.7. The Morgan fingerprint density at radius 1 is 0.917 bits per heavy atom. The van der Waals surface area contributed by atoms with Crippen LogP contribution in [0.5, 0.6) is 0 Å². The van der Waals surface area contributed by atoms with Gasteiger partial charge in [0.2, 0.25) is 0 Å². The molecule has 8 heteroatoms. The lowest BCUT2D eigenvalue weighted by atomic mass is 10.0. The number of hydrogen-bond donors (Lipinski definition) is 1. The van der Waals surface area contributed by atoms with E-state index in [1.54, 1.807) is 6.92 Å². The second kappa shape index (κ2) is 10.2. The third-order valence-electron chi connectivity index (χ3n) is 3.42. The van der Waals surface area contributed by atoms with Crippen LogP contribution in [-0.2, 0) is 33.3 Å². The number of aliphatic hydroxyl groups excluding tert-OH is 1. The van der Waals surface area contributed by atoms with E-state index in [1.807, 2.05) is 13.8 Å². The van der Waals surface area contributed by atoms with Crippen molar-refractivity contribution in [2.75, 3.05) is 6.61 Å². The molecule has 8 nitrogen and oxygen atoms in total. The van der Waals surface area contributed by atoms with E-state index in [1.165, 1.54) is 0 Å². The van der Waals surface area contributed by atoms with Crippen LogP contribution in [0.4, 0.5) is 0 Å². The monoisotopic (exact) mass is 346 g/mol. The number of esters is 3. The average Bonchev–Trinajstić information content (AvgIpc) is 2.53. The van der Waals surface area contributed by atoms with Gasteiger partial charge >= 0.3 is 17.9 Å². The highest BCUT2D eigenvalue weighted by Crippen LogP contribution is 2.24. The lowest BCUT2D eigenvalue weighted by Gasteiger charge is -2.38. The van der Waals surface area contributed by atoms with Crippen LogP contribution in [-0.4, -0.2) is 54.2 Å². The van der Waals surface area contributed by atoms with Crippen LogP contribution < -0.4 is 0 Å². The van der Waals surface area contributed by atoms with Gasteiger partial charge in [-0.25, -0.2) is 0 Å². The zero-order valence-electron chi connectivity index (χ0n) is 14.4. The Balaban J connectivity index is 2.91. The topological polar surface area (TPSA) is 108 Å². The van der Waals surface area contributed by atoms with Gasteiger partial charge in [-0.3, -0.25) is 14.4 Å². The maximum atomic E-state index is 11.9. The molecule has 138 valence electrons. The van der Waals surface area contributed by atoms with Crippen LogP contribution in [0.25, 0.3) is 0 Å².